The Bertz CT molecular complexity index is 1080. The van der Waals surface area contributed by atoms with Crippen LogP contribution in [-0.4, -0.2) is 17.8 Å². The molecule has 0 saturated carbocycles. The Balaban J connectivity index is 1.58. The number of rotatable bonds is 6. The third-order valence-electron chi connectivity index (χ3n) is 4.14. The van der Waals surface area contributed by atoms with Crippen molar-refractivity contribution in [1.29, 1.82) is 0 Å². The van der Waals surface area contributed by atoms with Crippen LogP contribution >= 0.6 is 0 Å². The number of benzene rings is 3. The van der Waals surface area contributed by atoms with Gasteiger partial charge in [0.1, 0.15) is 11.6 Å². The number of halogens is 1. The standard InChI is InChI=1S/C23H19FN2O4/c1-15(27)30-19-6-4-5-17(13-19)22(28)26-18-11-9-16(10-12-18)14-25-23(29)20-7-2-3-8-21(20)24/h2-13H,14H2,1H3,(H,25,29)(H,26,28). The van der Waals surface area contributed by atoms with E-state index in [9.17, 15) is 18.8 Å². The summed E-state index contributed by atoms with van der Waals surface area (Å²) in [5.74, 6) is -1.62. The van der Waals surface area contributed by atoms with E-state index in [1.807, 2.05) is 0 Å². The molecule has 2 amide bonds. The van der Waals surface area contributed by atoms with Gasteiger partial charge in [0, 0.05) is 24.7 Å². The maximum absolute atomic E-state index is 13.6. The lowest BCUT2D eigenvalue weighted by atomic mass is 10.1. The van der Waals surface area contributed by atoms with Crippen LogP contribution in [0.3, 0.4) is 0 Å². The van der Waals surface area contributed by atoms with Gasteiger partial charge >= 0.3 is 5.97 Å². The van der Waals surface area contributed by atoms with Gasteiger partial charge < -0.3 is 15.4 Å². The van der Waals surface area contributed by atoms with E-state index >= 15 is 0 Å². The maximum Gasteiger partial charge on any atom is 0.308 e. The summed E-state index contributed by atoms with van der Waals surface area (Å²) in [7, 11) is 0. The van der Waals surface area contributed by atoms with Gasteiger partial charge in [-0.05, 0) is 48.0 Å². The van der Waals surface area contributed by atoms with Gasteiger partial charge in [0.15, 0.2) is 0 Å². The van der Waals surface area contributed by atoms with Crippen LogP contribution in [0.25, 0.3) is 0 Å². The molecule has 0 atom stereocenters. The van der Waals surface area contributed by atoms with Crippen LogP contribution in [0, 0.1) is 5.82 Å². The summed E-state index contributed by atoms with van der Waals surface area (Å²) in [6.45, 7) is 1.50. The molecule has 3 rings (SSSR count). The molecule has 6 nitrogen and oxygen atoms in total. The van der Waals surface area contributed by atoms with Crippen LogP contribution < -0.4 is 15.4 Å². The molecule has 0 aromatic heterocycles. The van der Waals surface area contributed by atoms with Gasteiger partial charge in [0.05, 0.1) is 5.56 Å². The molecule has 7 heteroatoms. The smallest absolute Gasteiger partial charge is 0.308 e. The molecule has 0 aliphatic heterocycles. The van der Waals surface area contributed by atoms with Crippen molar-refractivity contribution in [2.24, 2.45) is 0 Å². The maximum atomic E-state index is 13.6. The summed E-state index contributed by atoms with van der Waals surface area (Å²) < 4.78 is 18.6. The molecule has 0 fully saturated rings. The van der Waals surface area contributed by atoms with Crippen molar-refractivity contribution in [2.75, 3.05) is 5.32 Å². The van der Waals surface area contributed by atoms with Gasteiger partial charge in [0.2, 0.25) is 0 Å². The molecule has 3 aromatic carbocycles. The number of hydrogen-bond acceptors (Lipinski definition) is 4. The normalized spacial score (nSPS) is 10.2. The van der Waals surface area contributed by atoms with E-state index in [1.54, 1.807) is 48.5 Å². The molecule has 0 unspecified atom stereocenters. The van der Waals surface area contributed by atoms with Crippen LogP contribution in [0.1, 0.15) is 33.2 Å². The summed E-state index contributed by atoms with van der Waals surface area (Å²) in [4.78, 5) is 35.5. The molecule has 0 bridgehead atoms. The molecule has 0 aliphatic rings. The Morgan fingerprint density at radius 1 is 0.900 bits per heavy atom. The highest BCUT2D eigenvalue weighted by molar-refractivity contribution is 6.04. The van der Waals surface area contributed by atoms with E-state index in [4.69, 9.17) is 4.74 Å². The van der Waals surface area contributed by atoms with E-state index in [2.05, 4.69) is 10.6 Å². The summed E-state index contributed by atoms with van der Waals surface area (Å²) in [5.41, 5.74) is 1.67. The number of esters is 1. The molecular weight excluding hydrogens is 387 g/mol. The molecular formula is C23H19FN2O4. The minimum Gasteiger partial charge on any atom is -0.427 e. The predicted octanol–water partition coefficient (Wildman–Crippen LogP) is 3.93. The van der Waals surface area contributed by atoms with Crippen LogP contribution in [0.5, 0.6) is 5.75 Å². The number of ether oxygens (including phenoxy) is 1. The van der Waals surface area contributed by atoms with Crippen molar-refractivity contribution >= 4 is 23.5 Å². The van der Waals surface area contributed by atoms with Crippen molar-refractivity contribution in [3.63, 3.8) is 0 Å². The Morgan fingerprint density at radius 2 is 1.63 bits per heavy atom. The largest absolute Gasteiger partial charge is 0.427 e. The molecule has 30 heavy (non-hydrogen) atoms. The zero-order valence-corrected chi connectivity index (χ0v) is 16.1. The summed E-state index contributed by atoms with van der Waals surface area (Å²) in [6, 6.07) is 18.9. The second-order valence-corrected chi connectivity index (χ2v) is 6.44. The lowest BCUT2D eigenvalue weighted by molar-refractivity contribution is -0.131. The monoisotopic (exact) mass is 406 g/mol. The summed E-state index contributed by atoms with van der Waals surface area (Å²) in [6.07, 6.45) is 0. The molecule has 0 spiro atoms. The second kappa shape index (κ2) is 9.47. The van der Waals surface area contributed by atoms with Crippen molar-refractivity contribution in [3.05, 3.63) is 95.3 Å². The average Bonchev–Trinajstić information content (AvgIpc) is 2.73. The van der Waals surface area contributed by atoms with E-state index < -0.39 is 17.7 Å². The van der Waals surface area contributed by atoms with Crippen LogP contribution in [0.15, 0.2) is 72.8 Å². The average molecular weight is 406 g/mol. The highest BCUT2D eigenvalue weighted by Gasteiger charge is 2.11. The molecule has 3 aromatic rings. The third-order valence-corrected chi connectivity index (χ3v) is 4.14. The molecule has 152 valence electrons. The zero-order chi connectivity index (χ0) is 21.5. The number of carbonyl (C=O) groups excluding carboxylic acids is 3. The number of hydrogen-bond donors (Lipinski definition) is 2. The highest BCUT2D eigenvalue weighted by atomic mass is 19.1. The molecule has 0 radical (unpaired) electrons. The first-order chi connectivity index (χ1) is 14.4. The first-order valence-electron chi connectivity index (χ1n) is 9.14. The van der Waals surface area contributed by atoms with Crippen LogP contribution in [0.2, 0.25) is 0 Å². The molecule has 0 aliphatic carbocycles. The highest BCUT2D eigenvalue weighted by Crippen LogP contribution is 2.16. The second-order valence-electron chi connectivity index (χ2n) is 6.44. The van der Waals surface area contributed by atoms with Crippen molar-refractivity contribution in [2.45, 2.75) is 13.5 Å². The number of carbonyl (C=O) groups is 3. The molecule has 0 heterocycles. The van der Waals surface area contributed by atoms with Gasteiger partial charge in [0.25, 0.3) is 11.8 Å². The Labute approximate surface area is 172 Å². The van der Waals surface area contributed by atoms with Crippen molar-refractivity contribution in [3.8, 4) is 5.75 Å². The molecule has 0 saturated heterocycles. The van der Waals surface area contributed by atoms with Crippen LogP contribution in [0.4, 0.5) is 10.1 Å². The van der Waals surface area contributed by atoms with E-state index in [-0.39, 0.29) is 23.8 Å². The van der Waals surface area contributed by atoms with E-state index in [1.165, 1.54) is 31.2 Å². The Hall–Kier alpha value is -4.00. The first kappa shape index (κ1) is 20.7. The first-order valence-corrected chi connectivity index (χ1v) is 9.14. The fourth-order valence-electron chi connectivity index (χ4n) is 2.70. The number of nitrogens with one attached hydrogen (secondary N) is 2. The zero-order valence-electron chi connectivity index (χ0n) is 16.1. The lowest BCUT2D eigenvalue weighted by Crippen LogP contribution is -2.23. The van der Waals surface area contributed by atoms with E-state index in [0.29, 0.717) is 11.3 Å². The SMILES string of the molecule is CC(=O)Oc1cccc(C(=O)Nc2ccc(CNC(=O)c3ccccc3F)cc2)c1. The van der Waals surface area contributed by atoms with Crippen molar-refractivity contribution in [1.82, 2.24) is 5.32 Å². The van der Waals surface area contributed by atoms with Gasteiger partial charge in [-0.3, -0.25) is 14.4 Å². The number of anilines is 1. The number of amides is 2. The minimum atomic E-state index is -0.578. The van der Waals surface area contributed by atoms with Gasteiger partial charge in [-0.1, -0.05) is 30.3 Å². The van der Waals surface area contributed by atoms with E-state index in [0.717, 1.165) is 5.56 Å². The topological polar surface area (TPSA) is 84.5 Å². The Kier molecular flexibility index (Phi) is 6.54. The minimum absolute atomic E-state index is 0.0163. The van der Waals surface area contributed by atoms with Gasteiger partial charge in [-0.15, -0.1) is 0 Å². The Morgan fingerprint density at radius 3 is 2.33 bits per heavy atom. The van der Waals surface area contributed by atoms with Gasteiger partial charge in [-0.25, -0.2) is 4.39 Å². The summed E-state index contributed by atoms with van der Waals surface area (Å²) in [5, 5.41) is 5.40. The van der Waals surface area contributed by atoms with Gasteiger partial charge in [-0.2, -0.15) is 0 Å². The lowest BCUT2D eigenvalue weighted by Gasteiger charge is -2.09. The fourth-order valence-corrected chi connectivity index (χ4v) is 2.70. The van der Waals surface area contributed by atoms with Crippen LogP contribution in [-0.2, 0) is 11.3 Å². The summed E-state index contributed by atoms with van der Waals surface area (Å²) >= 11 is 0. The van der Waals surface area contributed by atoms with Crippen molar-refractivity contribution < 1.29 is 23.5 Å². The molecule has 2 N–H and O–H groups in total. The quantitative estimate of drug-likeness (QED) is 0.480. The predicted molar refractivity (Wildman–Crippen MR) is 110 cm³/mol. The third kappa shape index (κ3) is 5.51. The fraction of sp³-hybridized carbons (Fsp3) is 0.0870.